The zero-order valence-corrected chi connectivity index (χ0v) is 13.8. The van der Waals surface area contributed by atoms with Crippen LogP contribution in [0.25, 0.3) is 10.8 Å². The highest BCUT2D eigenvalue weighted by atomic mass is 32.2. The summed E-state index contributed by atoms with van der Waals surface area (Å²) in [6.07, 6.45) is 3.81. The van der Waals surface area contributed by atoms with Crippen LogP contribution < -0.4 is 4.72 Å². The minimum atomic E-state index is -3.61. The van der Waals surface area contributed by atoms with Gasteiger partial charge in [0.05, 0.1) is 17.1 Å². The summed E-state index contributed by atoms with van der Waals surface area (Å²) in [6.45, 7) is 0.161. The van der Waals surface area contributed by atoms with E-state index in [4.69, 9.17) is 0 Å². The Kier molecular flexibility index (Phi) is 3.78. The van der Waals surface area contributed by atoms with Gasteiger partial charge in [0, 0.05) is 17.0 Å². The molecule has 1 fully saturated rings. The molecule has 2 aromatic carbocycles. The van der Waals surface area contributed by atoms with E-state index in [1.165, 1.54) is 6.33 Å². The Morgan fingerprint density at radius 2 is 1.83 bits per heavy atom. The molecule has 1 aliphatic rings. The van der Waals surface area contributed by atoms with Gasteiger partial charge in [-0.2, -0.15) is 0 Å². The molecule has 5 nitrogen and oxygen atoms in total. The standard InChI is InChI=1S/C18H17N3O2S/c22-24(23,18-7-3-5-13-4-1-2-6-16(13)18)21-11-15-10-17(14-8-9-14)20-12-19-15/h1-7,10,12,14,21H,8-9,11H2. The summed E-state index contributed by atoms with van der Waals surface area (Å²) < 4.78 is 28.0. The molecule has 0 amide bonds. The highest BCUT2D eigenvalue weighted by molar-refractivity contribution is 7.89. The third-order valence-corrected chi connectivity index (χ3v) is 5.68. The van der Waals surface area contributed by atoms with Gasteiger partial charge in [-0.3, -0.25) is 0 Å². The van der Waals surface area contributed by atoms with Crippen LogP contribution in [0.4, 0.5) is 0 Å². The summed E-state index contributed by atoms with van der Waals surface area (Å²) in [5.41, 5.74) is 1.69. The average Bonchev–Trinajstić information content (AvgIpc) is 3.45. The Morgan fingerprint density at radius 1 is 1.04 bits per heavy atom. The lowest BCUT2D eigenvalue weighted by molar-refractivity contribution is 0.581. The van der Waals surface area contributed by atoms with Crippen molar-refractivity contribution < 1.29 is 8.42 Å². The topological polar surface area (TPSA) is 72.0 Å². The number of benzene rings is 2. The number of fused-ring (bicyclic) bond motifs is 1. The molecule has 0 spiro atoms. The van der Waals surface area contributed by atoms with Gasteiger partial charge in [0.15, 0.2) is 0 Å². The second kappa shape index (κ2) is 5.96. The Hall–Kier alpha value is -2.31. The summed E-state index contributed by atoms with van der Waals surface area (Å²) in [5.74, 6) is 0.515. The lowest BCUT2D eigenvalue weighted by atomic mass is 10.1. The largest absolute Gasteiger partial charge is 0.241 e. The minimum absolute atomic E-state index is 0.161. The highest BCUT2D eigenvalue weighted by Gasteiger charge is 2.25. The number of rotatable bonds is 5. The Labute approximate surface area is 140 Å². The van der Waals surface area contributed by atoms with Crippen molar-refractivity contribution in [2.45, 2.75) is 30.2 Å². The first-order valence-electron chi connectivity index (χ1n) is 7.92. The summed E-state index contributed by atoms with van der Waals surface area (Å²) in [6, 6.07) is 14.6. The summed E-state index contributed by atoms with van der Waals surface area (Å²) in [4.78, 5) is 8.72. The summed E-state index contributed by atoms with van der Waals surface area (Å²) in [7, 11) is -3.61. The van der Waals surface area contributed by atoms with Crippen LogP contribution in [0.2, 0.25) is 0 Å². The number of hydrogen-bond donors (Lipinski definition) is 1. The summed E-state index contributed by atoms with van der Waals surface area (Å²) in [5, 5.41) is 1.62. The van der Waals surface area contributed by atoms with E-state index in [0.717, 1.165) is 23.9 Å². The predicted octanol–water partition coefficient (Wildman–Crippen LogP) is 2.99. The molecular weight excluding hydrogens is 322 g/mol. The molecule has 0 atom stereocenters. The highest BCUT2D eigenvalue weighted by Crippen LogP contribution is 2.38. The van der Waals surface area contributed by atoms with Gasteiger partial charge in [0.25, 0.3) is 0 Å². The maximum Gasteiger partial charge on any atom is 0.241 e. The Balaban J connectivity index is 1.60. The molecule has 0 bridgehead atoms. The number of nitrogens with zero attached hydrogens (tertiary/aromatic N) is 2. The third kappa shape index (κ3) is 3.02. The maximum atomic E-state index is 12.7. The zero-order chi connectivity index (χ0) is 16.6. The van der Waals surface area contributed by atoms with Gasteiger partial charge in [-0.05, 0) is 30.4 Å². The fourth-order valence-electron chi connectivity index (χ4n) is 2.79. The van der Waals surface area contributed by atoms with Crippen molar-refractivity contribution in [3.05, 3.63) is 66.2 Å². The van der Waals surface area contributed by atoms with E-state index >= 15 is 0 Å². The van der Waals surface area contributed by atoms with Crippen LogP contribution in [-0.2, 0) is 16.6 Å². The second-order valence-electron chi connectivity index (χ2n) is 6.01. The predicted molar refractivity (Wildman–Crippen MR) is 92.0 cm³/mol. The van der Waals surface area contributed by atoms with E-state index in [1.807, 2.05) is 36.4 Å². The molecule has 0 unspecified atom stereocenters. The first-order chi connectivity index (χ1) is 11.6. The molecule has 6 heteroatoms. The molecule has 0 radical (unpaired) electrons. The molecule has 0 saturated heterocycles. The van der Waals surface area contributed by atoms with Crippen LogP contribution in [-0.4, -0.2) is 18.4 Å². The lowest BCUT2D eigenvalue weighted by Gasteiger charge is -2.09. The Morgan fingerprint density at radius 3 is 2.67 bits per heavy atom. The van der Waals surface area contributed by atoms with Gasteiger partial charge in [-0.25, -0.2) is 23.1 Å². The van der Waals surface area contributed by atoms with Gasteiger partial charge in [0.1, 0.15) is 6.33 Å². The van der Waals surface area contributed by atoms with E-state index in [9.17, 15) is 8.42 Å². The number of sulfonamides is 1. The molecule has 1 saturated carbocycles. The molecule has 3 aromatic rings. The van der Waals surface area contributed by atoms with Crippen LogP contribution in [0.3, 0.4) is 0 Å². The van der Waals surface area contributed by atoms with Crippen LogP contribution in [0.1, 0.15) is 30.1 Å². The van der Waals surface area contributed by atoms with Crippen molar-refractivity contribution in [1.82, 2.24) is 14.7 Å². The Bertz CT molecular complexity index is 993. The van der Waals surface area contributed by atoms with E-state index in [0.29, 0.717) is 17.0 Å². The molecule has 122 valence electrons. The average molecular weight is 339 g/mol. The molecule has 4 rings (SSSR count). The number of nitrogens with one attached hydrogen (secondary N) is 1. The fraction of sp³-hybridized carbons (Fsp3) is 0.222. The zero-order valence-electron chi connectivity index (χ0n) is 13.0. The second-order valence-corrected chi connectivity index (χ2v) is 7.75. The fourth-order valence-corrected chi connectivity index (χ4v) is 4.02. The molecule has 1 aliphatic carbocycles. The monoisotopic (exact) mass is 339 g/mol. The SMILES string of the molecule is O=S(=O)(NCc1cc(C2CC2)ncn1)c1cccc2ccccc12. The number of hydrogen-bond acceptors (Lipinski definition) is 4. The lowest BCUT2D eigenvalue weighted by Crippen LogP contribution is -2.24. The van der Waals surface area contributed by atoms with Crippen molar-refractivity contribution in [1.29, 1.82) is 0 Å². The van der Waals surface area contributed by atoms with Gasteiger partial charge in [0.2, 0.25) is 10.0 Å². The van der Waals surface area contributed by atoms with Gasteiger partial charge < -0.3 is 0 Å². The van der Waals surface area contributed by atoms with Crippen molar-refractivity contribution in [3.63, 3.8) is 0 Å². The van der Waals surface area contributed by atoms with Crippen LogP contribution in [0.5, 0.6) is 0 Å². The van der Waals surface area contributed by atoms with E-state index in [2.05, 4.69) is 14.7 Å². The first-order valence-corrected chi connectivity index (χ1v) is 9.40. The van der Waals surface area contributed by atoms with Crippen LogP contribution in [0, 0.1) is 0 Å². The van der Waals surface area contributed by atoms with Crippen LogP contribution in [0.15, 0.2) is 59.8 Å². The van der Waals surface area contributed by atoms with Gasteiger partial charge in [-0.1, -0.05) is 36.4 Å². The smallest absolute Gasteiger partial charge is 0.241 e. The maximum absolute atomic E-state index is 12.7. The van der Waals surface area contributed by atoms with E-state index in [-0.39, 0.29) is 11.4 Å². The first kappa shape index (κ1) is 15.2. The quantitative estimate of drug-likeness (QED) is 0.776. The molecule has 24 heavy (non-hydrogen) atoms. The van der Waals surface area contributed by atoms with Crippen molar-refractivity contribution >= 4 is 20.8 Å². The molecule has 1 aromatic heterocycles. The molecule has 1 heterocycles. The van der Waals surface area contributed by atoms with Crippen molar-refractivity contribution in [3.8, 4) is 0 Å². The normalized spacial score (nSPS) is 14.8. The summed E-state index contributed by atoms with van der Waals surface area (Å²) >= 11 is 0. The molecule has 0 aliphatic heterocycles. The van der Waals surface area contributed by atoms with Crippen molar-refractivity contribution in [2.24, 2.45) is 0 Å². The number of aromatic nitrogens is 2. The minimum Gasteiger partial charge on any atom is -0.241 e. The van der Waals surface area contributed by atoms with Gasteiger partial charge >= 0.3 is 0 Å². The van der Waals surface area contributed by atoms with Crippen molar-refractivity contribution in [2.75, 3.05) is 0 Å². The van der Waals surface area contributed by atoms with E-state index in [1.54, 1.807) is 12.1 Å². The third-order valence-electron chi connectivity index (χ3n) is 4.22. The molecule has 1 N–H and O–H groups in total. The van der Waals surface area contributed by atoms with Gasteiger partial charge in [-0.15, -0.1) is 0 Å². The van der Waals surface area contributed by atoms with E-state index < -0.39 is 10.0 Å². The van der Waals surface area contributed by atoms with Crippen LogP contribution >= 0.6 is 0 Å². The molecular formula is C18H17N3O2S.